The molecule has 3 heteroatoms. The number of benzene rings is 1. The van der Waals surface area contributed by atoms with Crippen LogP contribution in [0.5, 0.6) is 0 Å². The summed E-state index contributed by atoms with van der Waals surface area (Å²) in [5.41, 5.74) is 9.32. The Bertz CT molecular complexity index is 658. The van der Waals surface area contributed by atoms with Crippen molar-refractivity contribution in [3.8, 4) is 11.1 Å². The molecule has 0 atom stereocenters. The minimum absolute atomic E-state index is 0. The Morgan fingerprint density at radius 2 is 1.43 bits per heavy atom. The molecule has 0 N–H and O–H groups in total. The summed E-state index contributed by atoms with van der Waals surface area (Å²) in [4.78, 5) is 0. The molecule has 1 aromatic heterocycles. The van der Waals surface area contributed by atoms with E-state index in [-0.39, 0.29) is 21.1 Å². The van der Waals surface area contributed by atoms with Crippen molar-refractivity contribution in [3.05, 3.63) is 40.2 Å². The summed E-state index contributed by atoms with van der Waals surface area (Å²) in [5.74, 6) is 0.624. The number of nitrogens with zero attached hydrogens (tertiary/aromatic N) is 2. The molecular formula is C20H30N2Pt. The van der Waals surface area contributed by atoms with E-state index in [1.807, 2.05) is 0 Å². The summed E-state index contributed by atoms with van der Waals surface area (Å²) in [6, 6.07) is 4.97. The van der Waals surface area contributed by atoms with Gasteiger partial charge in [0.1, 0.15) is 0 Å². The fourth-order valence-corrected chi connectivity index (χ4v) is 3.50. The van der Waals surface area contributed by atoms with Crippen LogP contribution in [0.25, 0.3) is 11.1 Å². The van der Waals surface area contributed by atoms with Gasteiger partial charge in [0.2, 0.25) is 0 Å². The first-order chi connectivity index (χ1) is 10.2. The van der Waals surface area contributed by atoms with Gasteiger partial charge in [0.15, 0.2) is 0 Å². The Morgan fingerprint density at radius 1 is 0.913 bits per heavy atom. The van der Waals surface area contributed by atoms with Crippen molar-refractivity contribution in [1.82, 2.24) is 9.78 Å². The maximum Gasteiger partial charge on any atom is 0.0675 e. The van der Waals surface area contributed by atoms with Gasteiger partial charge < -0.3 is 0 Å². The topological polar surface area (TPSA) is 17.8 Å². The molecule has 0 aliphatic heterocycles. The quantitative estimate of drug-likeness (QED) is 0.545. The molecule has 130 valence electrons. The van der Waals surface area contributed by atoms with Crippen LogP contribution in [-0.4, -0.2) is 9.78 Å². The molecule has 0 bridgehead atoms. The molecule has 1 heterocycles. The maximum absolute atomic E-state index is 4.86. The summed E-state index contributed by atoms with van der Waals surface area (Å²) in [7, 11) is 0. The molecule has 0 saturated carbocycles. The van der Waals surface area contributed by atoms with Gasteiger partial charge in [0.05, 0.1) is 5.69 Å². The van der Waals surface area contributed by atoms with Crippen molar-refractivity contribution in [1.29, 1.82) is 0 Å². The van der Waals surface area contributed by atoms with Crippen molar-refractivity contribution in [2.45, 2.75) is 67.9 Å². The Morgan fingerprint density at radius 3 is 1.87 bits per heavy atom. The molecule has 2 aromatic rings. The SMILES string of the molecule is Cc1cc(C)c(-c2c(C)nn(C(C)C)c2CC(C)C)c(C)c1.[Pt]. The molecule has 0 fully saturated rings. The van der Waals surface area contributed by atoms with Crippen LogP contribution in [0, 0.1) is 33.6 Å². The van der Waals surface area contributed by atoms with E-state index >= 15 is 0 Å². The van der Waals surface area contributed by atoms with Crippen LogP contribution in [0.3, 0.4) is 0 Å². The van der Waals surface area contributed by atoms with Gasteiger partial charge in [0, 0.05) is 38.4 Å². The fraction of sp³-hybridized carbons (Fsp3) is 0.550. The third kappa shape index (κ3) is 4.15. The smallest absolute Gasteiger partial charge is 0.0675 e. The van der Waals surface area contributed by atoms with Crippen LogP contribution in [0.4, 0.5) is 0 Å². The summed E-state index contributed by atoms with van der Waals surface area (Å²) in [6.45, 7) is 17.8. The van der Waals surface area contributed by atoms with Gasteiger partial charge in [0.25, 0.3) is 0 Å². The first kappa shape index (κ1) is 20.2. The van der Waals surface area contributed by atoms with Crippen LogP contribution in [0.15, 0.2) is 12.1 Å². The number of aromatic nitrogens is 2. The van der Waals surface area contributed by atoms with Crippen molar-refractivity contribution >= 4 is 0 Å². The van der Waals surface area contributed by atoms with Crippen molar-refractivity contribution in [3.63, 3.8) is 0 Å². The Balaban J connectivity index is 0.00000264. The first-order valence-corrected chi connectivity index (χ1v) is 8.38. The predicted molar refractivity (Wildman–Crippen MR) is 95.5 cm³/mol. The number of hydrogen-bond acceptors (Lipinski definition) is 1. The number of aryl methyl sites for hydroxylation is 4. The molecule has 0 saturated heterocycles. The Kier molecular flexibility index (Phi) is 6.83. The molecule has 0 aliphatic rings. The molecule has 0 radical (unpaired) electrons. The first-order valence-electron chi connectivity index (χ1n) is 8.38. The zero-order valence-electron chi connectivity index (χ0n) is 15.7. The zero-order chi connectivity index (χ0) is 16.6. The average Bonchev–Trinajstić information content (AvgIpc) is 2.66. The van der Waals surface area contributed by atoms with Gasteiger partial charge in [-0.2, -0.15) is 5.10 Å². The second-order valence-electron chi connectivity index (χ2n) is 7.32. The fourth-order valence-electron chi connectivity index (χ4n) is 3.50. The Hall–Kier alpha value is -0.882. The summed E-state index contributed by atoms with van der Waals surface area (Å²) in [5, 5.41) is 4.86. The van der Waals surface area contributed by atoms with E-state index in [4.69, 9.17) is 5.10 Å². The third-order valence-corrected chi connectivity index (χ3v) is 4.20. The zero-order valence-corrected chi connectivity index (χ0v) is 18.0. The second kappa shape index (κ2) is 7.79. The molecule has 0 amide bonds. The summed E-state index contributed by atoms with van der Waals surface area (Å²) < 4.78 is 2.23. The van der Waals surface area contributed by atoms with E-state index in [9.17, 15) is 0 Å². The minimum Gasteiger partial charge on any atom is -0.266 e. The van der Waals surface area contributed by atoms with Crippen LogP contribution < -0.4 is 0 Å². The Labute approximate surface area is 155 Å². The van der Waals surface area contributed by atoms with E-state index in [0.29, 0.717) is 12.0 Å². The maximum atomic E-state index is 4.86. The van der Waals surface area contributed by atoms with Gasteiger partial charge in [-0.05, 0) is 70.6 Å². The molecule has 2 rings (SSSR count). The second-order valence-corrected chi connectivity index (χ2v) is 7.32. The molecule has 0 unspecified atom stereocenters. The third-order valence-electron chi connectivity index (χ3n) is 4.20. The summed E-state index contributed by atoms with van der Waals surface area (Å²) >= 11 is 0. The van der Waals surface area contributed by atoms with Crippen LogP contribution >= 0.6 is 0 Å². The van der Waals surface area contributed by atoms with Crippen LogP contribution in [0.1, 0.15) is 61.8 Å². The monoisotopic (exact) mass is 493 g/mol. The van der Waals surface area contributed by atoms with E-state index in [0.717, 1.165) is 12.1 Å². The summed E-state index contributed by atoms with van der Waals surface area (Å²) in [6.07, 6.45) is 1.07. The van der Waals surface area contributed by atoms with Crippen LogP contribution in [0.2, 0.25) is 0 Å². The van der Waals surface area contributed by atoms with Gasteiger partial charge in [-0.3, -0.25) is 4.68 Å². The van der Waals surface area contributed by atoms with Gasteiger partial charge in [-0.15, -0.1) is 0 Å². The van der Waals surface area contributed by atoms with E-state index < -0.39 is 0 Å². The molecule has 0 spiro atoms. The van der Waals surface area contributed by atoms with Crippen LogP contribution in [-0.2, 0) is 27.5 Å². The minimum atomic E-state index is 0. The van der Waals surface area contributed by atoms with Crippen molar-refractivity contribution < 1.29 is 21.1 Å². The molecule has 1 aromatic carbocycles. The van der Waals surface area contributed by atoms with Crippen molar-refractivity contribution in [2.24, 2.45) is 5.92 Å². The number of hydrogen-bond donors (Lipinski definition) is 0. The van der Waals surface area contributed by atoms with Gasteiger partial charge >= 0.3 is 0 Å². The normalized spacial score (nSPS) is 11.2. The van der Waals surface area contributed by atoms with Crippen molar-refractivity contribution in [2.75, 3.05) is 0 Å². The molecular weight excluding hydrogens is 463 g/mol. The predicted octanol–water partition coefficient (Wildman–Crippen LogP) is 5.56. The number of rotatable bonds is 4. The van der Waals surface area contributed by atoms with E-state index in [1.165, 1.54) is 33.5 Å². The van der Waals surface area contributed by atoms with Gasteiger partial charge in [-0.25, -0.2) is 0 Å². The average molecular weight is 494 g/mol. The van der Waals surface area contributed by atoms with Gasteiger partial charge in [-0.1, -0.05) is 31.5 Å². The molecule has 2 nitrogen and oxygen atoms in total. The van der Waals surface area contributed by atoms with E-state index in [1.54, 1.807) is 0 Å². The molecule has 0 aliphatic carbocycles. The molecule has 23 heavy (non-hydrogen) atoms. The van der Waals surface area contributed by atoms with E-state index in [2.05, 4.69) is 72.2 Å². The largest absolute Gasteiger partial charge is 0.266 e. The standard InChI is InChI=1S/C20H30N2.Pt/c1-12(2)9-18-20(17(8)21-22(18)13(3)4)19-15(6)10-14(5)11-16(19)7;/h10-13H,9H2,1-8H3;.